The van der Waals surface area contributed by atoms with Gasteiger partial charge in [0.25, 0.3) is 0 Å². The highest BCUT2D eigenvalue weighted by Crippen LogP contribution is 2.23. The van der Waals surface area contributed by atoms with Crippen LogP contribution in [0.5, 0.6) is 0 Å². The van der Waals surface area contributed by atoms with Crippen LogP contribution in [0.2, 0.25) is 0 Å². The molecule has 0 N–H and O–H groups in total. The maximum Gasteiger partial charge on any atom is 0.0683 e. The minimum atomic E-state index is -0.140. The fraction of sp³-hybridized carbons (Fsp3) is 0.923. The molecule has 1 atom stereocenters. The summed E-state index contributed by atoms with van der Waals surface area (Å²) in [7, 11) is 0. The number of unbranched alkanes of at least 4 members (excludes halogenated alkanes) is 1. The van der Waals surface area contributed by atoms with Crippen LogP contribution >= 0.6 is 11.8 Å². The summed E-state index contributed by atoms with van der Waals surface area (Å²) in [4.78, 5) is 0. The van der Waals surface area contributed by atoms with Gasteiger partial charge in [0.2, 0.25) is 0 Å². The van der Waals surface area contributed by atoms with E-state index in [4.69, 9.17) is 10.00 Å². The van der Waals surface area contributed by atoms with Crippen molar-refractivity contribution in [2.24, 2.45) is 5.41 Å². The summed E-state index contributed by atoms with van der Waals surface area (Å²) in [6, 6.07) is 2.35. The van der Waals surface area contributed by atoms with Gasteiger partial charge in [0.15, 0.2) is 0 Å². The third kappa shape index (κ3) is 5.77. The van der Waals surface area contributed by atoms with Gasteiger partial charge in [-0.25, -0.2) is 0 Å². The van der Waals surface area contributed by atoms with Gasteiger partial charge in [-0.05, 0) is 45.3 Å². The molecule has 1 unspecified atom stereocenters. The SMILES string of the molecule is CC(C)(C#N)CCCCSCC1CCCO1. The van der Waals surface area contributed by atoms with E-state index in [-0.39, 0.29) is 5.41 Å². The van der Waals surface area contributed by atoms with Crippen LogP contribution in [0.15, 0.2) is 0 Å². The van der Waals surface area contributed by atoms with E-state index in [0.717, 1.165) is 18.8 Å². The number of nitriles is 1. The maximum absolute atomic E-state index is 8.87. The van der Waals surface area contributed by atoms with E-state index >= 15 is 0 Å². The first-order valence-corrected chi connectivity index (χ1v) is 7.40. The molecule has 3 heteroatoms. The lowest BCUT2D eigenvalue weighted by Crippen LogP contribution is -2.09. The van der Waals surface area contributed by atoms with Crippen LogP contribution in [0.4, 0.5) is 0 Å². The smallest absolute Gasteiger partial charge is 0.0683 e. The summed E-state index contributed by atoms with van der Waals surface area (Å²) in [5.41, 5.74) is -0.140. The number of nitrogens with zero attached hydrogens (tertiary/aromatic N) is 1. The van der Waals surface area contributed by atoms with Crippen LogP contribution in [0.1, 0.15) is 46.0 Å². The Bertz CT molecular complexity index is 229. The molecule has 1 rings (SSSR count). The summed E-state index contributed by atoms with van der Waals surface area (Å²) >= 11 is 2.00. The minimum absolute atomic E-state index is 0.140. The number of rotatable bonds is 7. The van der Waals surface area contributed by atoms with Gasteiger partial charge in [0.05, 0.1) is 17.6 Å². The average Bonchev–Trinajstić information content (AvgIpc) is 2.76. The molecule has 0 aromatic carbocycles. The molecule has 1 fully saturated rings. The number of hydrogen-bond donors (Lipinski definition) is 0. The lowest BCUT2D eigenvalue weighted by atomic mass is 9.89. The van der Waals surface area contributed by atoms with Crippen molar-refractivity contribution in [1.29, 1.82) is 5.26 Å². The first-order chi connectivity index (χ1) is 7.64. The molecule has 0 bridgehead atoms. The summed E-state index contributed by atoms with van der Waals surface area (Å²) in [6.45, 7) is 5.00. The molecule has 0 spiro atoms. The highest BCUT2D eigenvalue weighted by molar-refractivity contribution is 7.99. The first-order valence-electron chi connectivity index (χ1n) is 6.25. The van der Waals surface area contributed by atoms with Crippen molar-refractivity contribution in [3.05, 3.63) is 0 Å². The third-order valence-electron chi connectivity index (χ3n) is 2.97. The predicted molar refractivity (Wildman–Crippen MR) is 69.5 cm³/mol. The normalized spacial score (nSPS) is 20.9. The second-order valence-electron chi connectivity index (χ2n) is 5.16. The van der Waals surface area contributed by atoms with Crippen LogP contribution in [0.3, 0.4) is 0 Å². The largest absolute Gasteiger partial charge is 0.377 e. The van der Waals surface area contributed by atoms with Crippen molar-refractivity contribution >= 4 is 11.8 Å². The quantitative estimate of drug-likeness (QED) is 0.638. The van der Waals surface area contributed by atoms with Gasteiger partial charge >= 0.3 is 0 Å². The summed E-state index contributed by atoms with van der Waals surface area (Å²) in [5.74, 6) is 2.36. The van der Waals surface area contributed by atoms with E-state index in [0.29, 0.717) is 6.10 Å². The molecule has 0 amide bonds. The number of hydrogen-bond acceptors (Lipinski definition) is 3. The molecule has 1 aliphatic heterocycles. The molecule has 0 aromatic rings. The van der Waals surface area contributed by atoms with Gasteiger partial charge in [-0.2, -0.15) is 17.0 Å². The van der Waals surface area contributed by atoms with Crippen molar-refractivity contribution in [3.63, 3.8) is 0 Å². The summed E-state index contributed by atoms with van der Waals surface area (Å²) < 4.78 is 5.57. The lowest BCUT2D eigenvalue weighted by Gasteiger charge is -2.14. The molecule has 16 heavy (non-hydrogen) atoms. The lowest BCUT2D eigenvalue weighted by molar-refractivity contribution is 0.129. The highest BCUT2D eigenvalue weighted by Gasteiger charge is 2.16. The van der Waals surface area contributed by atoms with Crippen molar-refractivity contribution in [2.75, 3.05) is 18.1 Å². The molecule has 1 heterocycles. The van der Waals surface area contributed by atoms with Gasteiger partial charge in [-0.1, -0.05) is 6.42 Å². The first kappa shape index (κ1) is 13.9. The Morgan fingerprint density at radius 1 is 1.44 bits per heavy atom. The zero-order chi connectivity index (χ0) is 11.9. The molecule has 0 aliphatic carbocycles. The average molecular weight is 241 g/mol. The van der Waals surface area contributed by atoms with Crippen molar-refractivity contribution < 1.29 is 4.74 Å². The Morgan fingerprint density at radius 3 is 2.88 bits per heavy atom. The second kappa shape index (κ2) is 7.19. The Balaban J connectivity index is 1.90. The minimum Gasteiger partial charge on any atom is -0.377 e. The Hall–Kier alpha value is -0.200. The predicted octanol–water partition coefficient (Wildman–Crippen LogP) is 3.62. The number of ether oxygens (including phenoxy) is 1. The van der Waals surface area contributed by atoms with Gasteiger partial charge in [-0.15, -0.1) is 0 Å². The zero-order valence-electron chi connectivity index (χ0n) is 10.5. The van der Waals surface area contributed by atoms with Gasteiger partial charge in [-0.3, -0.25) is 0 Å². The van der Waals surface area contributed by atoms with E-state index < -0.39 is 0 Å². The van der Waals surface area contributed by atoms with Gasteiger partial charge in [0, 0.05) is 12.4 Å². The van der Waals surface area contributed by atoms with E-state index in [1.807, 2.05) is 25.6 Å². The van der Waals surface area contributed by atoms with E-state index in [1.54, 1.807) is 0 Å². The fourth-order valence-electron chi connectivity index (χ4n) is 1.82. The summed E-state index contributed by atoms with van der Waals surface area (Å²) in [6.07, 6.45) is 6.40. The molecule has 0 radical (unpaired) electrons. The Morgan fingerprint density at radius 2 is 2.25 bits per heavy atom. The monoisotopic (exact) mass is 241 g/mol. The van der Waals surface area contributed by atoms with Gasteiger partial charge in [0.1, 0.15) is 0 Å². The topological polar surface area (TPSA) is 33.0 Å². The molecular formula is C13H23NOS. The Kier molecular flexibility index (Phi) is 6.23. The summed E-state index contributed by atoms with van der Waals surface area (Å²) in [5, 5.41) is 8.87. The molecule has 2 nitrogen and oxygen atoms in total. The molecular weight excluding hydrogens is 218 g/mol. The van der Waals surface area contributed by atoms with Crippen molar-refractivity contribution in [3.8, 4) is 6.07 Å². The highest BCUT2D eigenvalue weighted by atomic mass is 32.2. The Labute approximate surface area is 104 Å². The fourth-order valence-corrected chi connectivity index (χ4v) is 2.92. The number of thioether (sulfide) groups is 1. The third-order valence-corrected chi connectivity index (χ3v) is 4.16. The van der Waals surface area contributed by atoms with Crippen LogP contribution in [0.25, 0.3) is 0 Å². The maximum atomic E-state index is 8.87. The van der Waals surface area contributed by atoms with Gasteiger partial charge < -0.3 is 4.74 Å². The van der Waals surface area contributed by atoms with Crippen LogP contribution < -0.4 is 0 Å². The van der Waals surface area contributed by atoms with E-state index in [2.05, 4.69) is 6.07 Å². The van der Waals surface area contributed by atoms with Crippen LogP contribution in [-0.4, -0.2) is 24.2 Å². The molecule has 1 saturated heterocycles. The molecule has 1 aliphatic rings. The van der Waals surface area contributed by atoms with E-state index in [1.165, 1.54) is 31.4 Å². The molecule has 0 aromatic heterocycles. The second-order valence-corrected chi connectivity index (χ2v) is 6.31. The molecule has 0 saturated carbocycles. The van der Waals surface area contributed by atoms with Crippen molar-refractivity contribution in [2.45, 2.75) is 52.1 Å². The van der Waals surface area contributed by atoms with Crippen LogP contribution in [-0.2, 0) is 4.74 Å². The van der Waals surface area contributed by atoms with E-state index in [9.17, 15) is 0 Å². The standard InChI is InChI=1S/C13H23NOS/c1-13(2,11-14)7-3-4-9-16-10-12-6-5-8-15-12/h12H,3-10H2,1-2H3. The van der Waals surface area contributed by atoms with Crippen molar-refractivity contribution in [1.82, 2.24) is 0 Å². The molecule has 92 valence electrons. The zero-order valence-corrected chi connectivity index (χ0v) is 11.3. The van der Waals surface area contributed by atoms with Crippen LogP contribution in [0, 0.1) is 16.7 Å².